The summed E-state index contributed by atoms with van der Waals surface area (Å²) < 4.78 is 16.3. The summed E-state index contributed by atoms with van der Waals surface area (Å²) in [7, 11) is 0. The van der Waals surface area contributed by atoms with Gasteiger partial charge in [-0.2, -0.15) is 0 Å². The number of benzene rings is 2. The van der Waals surface area contributed by atoms with Crippen LogP contribution in [0.5, 0.6) is 11.5 Å². The molecule has 1 atom stereocenters. The molecule has 1 heterocycles. The number of hydrogen-bond acceptors (Lipinski definition) is 6. The highest BCUT2D eigenvalue weighted by atomic mass is 16.6. The zero-order valence-corrected chi connectivity index (χ0v) is 15.3. The van der Waals surface area contributed by atoms with Gasteiger partial charge in [0.05, 0.1) is 12.1 Å². The summed E-state index contributed by atoms with van der Waals surface area (Å²) in [6.07, 6.45) is -0.323. The number of rotatable bonds is 6. The second kappa shape index (κ2) is 8.90. The quantitative estimate of drug-likeness (QED) is 0.736. The first-order valence-corrected chi connectivity index (χ1v) is 8.71. The number of ether oxygens (including phenoxy) is 3. The second-order valence-electron chi connectivity index (χ2n) is 6.14. The molecule has 2 aromatic rings. The third-order valence-electron chi connectivity index (χ3n) is 3.87. The molecule has 0 fully saturated rings. The lowest BCUT2D eigenvalue weighted by Gasteiger charge is -2.26. The van der Waals surface area contributed by atoms with Crippen LogP contribution < -0.4 is 20.1 Å². The molecule has 0 saturated carbocycles. The van der Waals surface area contributed by atoms with Gasteiger partial charge in [-0.1, -0.05) is 12.1 Å². The number of esters is 1. The Bertz CT molecular complexity index is 865. The van der Waals surface area contributed by atoms with Crippen molar-refractivity contribution < 1.29 is 28.6 Å². The Labute approximate surface area is 161 Å². The topological polar surface area (TPSA) is 103 Å². The van der Waals surface area contributed by atoms with E-state index >= 15 is 0 Å². The molecule has 2 N–H and O–H groups in total. The summed E-state index contributed by atoms with van der Waals surface area (Å²) in [6, 6.07) is 13.5. The van der Waals surface area contributed by atoms with Crippen molar-refractivity contribution in [1.82, 2.24) is 5.32 Å². The van der Waals surface area contributed by atoms with E-state index in [1.54, 1.807) is 18.2 Å². The van der Waals surface area contributed by atoms with E-state index in [1.165, 1.54) is 19.1 Å². The largest absolute Gasteiger partial charge is 0.486 e. The van der Waals surface area contributed by atoms with Gasteiger partial charge >= 0.3 is 5.97 Å². The molecule has 0 spiro atoms. The van der Waals surface area contributed by atoms with Crippen LogP contribution in [0.1, 0.15) is 17.3 Å². The normalized spacial score (nSPS) is 14.7. The molecular weight excluding hydrogens is 364 g/mol. The van der Waals surface area contributed by atoms with Crippen LogP contribution in [0.15, 0.2) is 48.5 Å². The Morgan fingerprint density at radius 2 is 1.79 bits per heavy atom. The predicted molar refractivity (Wildman–Crippen MR) is 100 cm³/mol. The maximum Gasteiger partial charge on any atom is 0.338 e. The fourth-order valence-corrected chi connectivity index (χ4v) is 2.55. The molecule has 0 bridgehead atoms. The molecule has 3 rings (SSSR count). The number of amides is 2. The monoisotopic (exact) mass is 384 g/mol. The van der Waals surface area contributed by atoms with Crippen LogP contribution in [0.2, 0.25) is 0 Å². The maximum absolute atomic E-state index is 12.0. The fourth-order valence-electron chi connectivity index (χ4n) is 2.55. The summed E-state index contributed by atoms with van der Waals surface area (Å²) in [6.45, 7) is 1.54. The number of para-hydroxylation sites is 2. The van der Waals surface area contributed by atoms with E-state index in [1.807, 2.05) is 18.2 Å². The van der Waals surface area contributed by atoms with Crippen LogP contribution in [0, 0.1) is 0 Å². The molecule has 0 aromatic heterocycles. The zero-order valence-electron chi connectivity index (χ0n) is 15.3. The van der Waals surface area contributed by atoms with Crippen molar-refractivity contribution in [3.8, 4) is 11.5 Å². The average Bonchev–Trinajstić information content (AvgIpc) is 2.70. The standard InChI is InChI=1S/C20H20N2O6/c1-13(23)22-15-8-6-14(7-9-15)20(25)27-12-19(24)21-10-16-11-26-17-4-2-3-5-18(17)28-16/h2-9,16H,10-12H2,1H3,(H,21,24)(H,22,23)/t16-/m1/s1. The van der Waals surface area contributed by atoms with E-state index in [4.69, 9.17) is 14.2 Å². The number of hydrogen-bond donors (Lipinski definition) is 2. The van der Waals surface area contributed by atoms with E-state index in [0.717, 1.165) is 0 Å². The minimum atomic E-state index is -0.629. The maximum atomic E-state index is 12.0. The van der Waals surface area contributed by atoms with Gasteiger partial charge in [-0.3, -0.25) is 9.59 Å². The molecule has 2 amide bonds. The van der Waals surface area contributed by atoms with Crippen molar-refractivity contribution in [3.05, 3.63) is 54.1 Å². The Morgan fingerprint density at radius 1 is 1.07 bits per heavy atom. The van der Waals surface area contributed by atoms with Gasteiger partial charge in [0.1, 0.15) is 12.7 Å². The lowest BCUT2D eigenvalue weighted by molar-refractivity contribution is -0.124. The zero-order chi connectivity index (χ0) is 19.9. The van der Waals surface area contributed by atoms with Gasteiger partial charge in [0.2, 0.25) is 5.91 Å². The highest BCUT2D eigenvalue weighted by Gasteiger charge is 2.21. The fraction of sp³-hybridized carbons (Fsp3) is 0.250. The first-order valence-electron chi connectivity index (χ1n) is 8.71. The number of nitrogens with one attached hydrogen (secondary N) is 2. The molecule has 28 heavy (non-hydrogen) atoms. The van der Waals surface area contributed by atoms with Crippen molar-refractivity contribution in [3.63, 3.8) is 0 Å². The van der Waals surface area contributed by atoms with E-state index in [0.29, 0.717) is 23.8 Å². The molecule has 8 heteroatoms. The van der Waals surface area contributed by atoms with Crippen molar-refractivity contribution in [2.45, 2.75) is 13.0 Å². The Hall–Kier alpha value is -3.55. The van der Waals surface area contributed by atoms with Crippen LogP contribution >= 0.6 is 0 Å². The van der Waals surface area contributed by atoms with Gasteiger partial charge in [-0.05, 0) is 36.4 Å². The molecule has 0 radical (unpaired) electrons. The number of carbonyl (C=O) groups excluding carboxylic acids is 3. The van der Waals surface area contributed by atoms with Crippen molar-refractivity contribution in [1.29, 1.82) is 0 Å². The average molecular weight is 384 g/mol. The summed E-state index contributed by atoms with van der Waals surface area (Å²) >= 11 is 0. The van der Waals surface area contributed by atoms with E-state index in [2.05, 4.69) is 10.6 Å². The SMILES string of the molecule is CC(=O)Nc1ccc(C(=O)OCC(=O)NC[C@@H]2COc3ccccc3O2)cc1. The lowest BCUT2D eigenvalue weighted by Crippen LogP contribution is -2.42. The van der Waals surface area contributed by atoms with E-state index in [-0.39, 0.29) is 24.1 Å². The number of anilines is 1. The summed E-state index contributed by atoms with van der Waals surface area (Å²) in [5, 5.41) is 5.25. The Morgan fingerprint density at radius 3 is 2.50 bits per heavy atom. The minimum absolute atomic E-state index is 0.206. The van der Waals surface area contributed by atoms with Crippen molar-refractivity contribution in [2.75, 3.05) is 25.1 Å². The van der Waals surface area contributed by atoms with Crippen LogP contribution in [-0.4, -0.2) is 43.6 Å². The van der Waals surface area contributed by atoms with Crippen LogP contribution in [-0.2, 0) is 14.3 Å². The number of fused-ring (bicyclic) bond motifs is 1. The molecule has 2 aromatic carbocycles. The van der Waals surface area contributed by atoms with Crippen molar-refractivity contribution in [2.24, 2.45) is 0 Å². The van der Waals surface area contributed by atoms with Crippen LogP contribution in [0.3, 0.4) is 0 Å². The van der Waals surface area contributed by atoms with Crippen LogP contribution in [0.25, 0.3) is 0 Å². The smallest absolute Gasteiger partial charge is 0.338 e. The van der Waals surface area contributed by atoms with Gasteiger partial charge in [0.25, 0.3) is 5.91 Å². The summed E-state index contributed by atoms with van der Waals surface area (Å²) in [5.74, 6) is 0.0230. The summed E-state index contributed by atoms with van der Waals surface area (Å²) in [4.78, 5) is 34.9. The Balaban J connectivity index is 1.40. The number of carbonyl (C=O) groups is 3. The summed E-state index contributed by atoms with van der Waals surface area (Å²) in [5.41, 5.74) is 0.848. The molecule has 0 aliphatic carbocycles. The minimum Gasteiger partial charge on any atom is -0.486 e. The van der Waals surface area contributed by atoms with Gasteiger partial charge in [0.15, 0.2) is 18.1 Å². The van der Waals surface area contributed by atoms with Gasteiger partial charge in [-0.15, -0.1) is 0 Å². The highest BCUT2D eigenvalue weighted by Crippen LogP contribution is 2.30. The molecule has 1 aliphatic heterocycles. The lowest BCUT2D eigenvalue weighted by atomic mass is 10.2. The Kier molecular flexibility index (Phi) is 6.11. The molecule has 8 nitrogen and oxygen atoms in total. The molecule has 0 unspecified atom stereocenters. The van der Waals surface area contributed by atoms with Crippen LogP contribution in [0.4, 0.5) is 5.69 Å². The third-order valence-corrected chi connectivity index (χ3v) is 3.87. The molecule has 0 saturated heterocycles. The van der Waals surface area contributed by atoms with E-state index in [9.17, 15) is 14.4 Å². The first kappa shape index (κ1) is 19.2. The first-order chi connectivity index (χ1) is 13.5. The molecule has 1 aliphatic rings. The molecular formula is C20H20N2O6. The van der Waals surface area contributed by atoms with Gasteiger partial charge in [0, 0.05) is 12.6 Å². The predicted octanol–water partition coefficient (Wildman–Crippen LogP) is 1.76. The third kappa shape index (κ3) is 5.23. The molecule has 146 valence electrons. The van der Waals surface area contributed by atoms with Gasteiger partial charge in [-0.25, -0.2) is 4.79 Å². The van der Waals surface area contributed by atoms with Crippen molar-refractivity contribution >= 4 is 23.5 Å². The highest BCUT2D eigenvalue weighted by molar-refractivity contribution is 5.93. The second-order valence-corrected chi connectivity index (χ2v) is 6.14. The van der Waals surface area contributed by atoms with Gasteiger partial charge < -0.3 is 24.8 Å². The van der Waals surface area contributed by atoms with E-state index < -0.39 is 18.5 Å².